The zero-order chi connectivity index (χ0) is 15.5. The summed E-state index contributed by atoms with van der Waals surface area (Å²) in [5.74, 6) is 0.288. The highest BCUT2D eigenvalue weighted by Gasteiger charge is 2.38. The lowest BCUT2D eigenvalue weighted by molar-refractivity contribution is -0.143. The van der Waals surface area contributed by atoms with E-state index < -0.39 is 0 Å². The maximum absolute atomic E-state index is 12.8. The topological polar surface area (TPSA) is 49.9 Å². The van der Waals surface area contributed by atoms with Gasteiger partial charge in [0.25, 0.3) is 0 Å². The first-order valence-corrected chi connectivity index (χ1v) is 8.02. The molecule has 120 valence electrons. The standard InChI is InChI=1S/C16H28N2O3/c1-16(2,8-11-21-3)12-17-10-7-14(19)18-9-5-4-6-13(18)15(17)20/h13H,4-12H2,1-3H3. The Morgan fingerprint density at radius 1 is 1.24 bits per heavy atom. The predicted molar refractivity (Wildman–Crippen MR) is 80.8 cm³/mol. The molecule has 2 fully saturated rings. The van der Waals surface area contributed by atoms with Crippen molar-refractivity contribution in [2.45, 2.75) is 52.0 Å². The minimum absolute atomic E-state index is 0.0125. The van der Waals surface area contributed by atoms with E-state index in [0.717, 1.165) is 32.2 Å². The summed E-state index contributed by atoms with van der Waals surface area (Å²) in [5.41, 5.74) is 0.0125. The monoisotopic (exact) mass is 296 g/mol. The first-order chi connectivity index (χ1) is 9.94. The molecule has 0 N–H and O–H groups in total. The van der Waals surface area contributed by atoms with Crippen molar-refractivity contribution in [1.29, 1.82) is 0 Å². The maximum atomic E-state index is 12.8. The number of fused-ring (bicyclic) bond motifs is 1. The first kappa shape index (κ1) is 16.3. The van der Waals surface area contributed by atoms with Gasteiger partial charge in [-0.15, -0.1) is 0 Å². The predicted octanol–water partition coefficient (Wildman–Crippen LogP) is 1.66. The Morgan fingerprint density at radius 2 is 2.00 bits per heavy atom. The molecule has 0 aromatic carbocycles. The maximum Gasteiger partial charge on any atom is 0.245 e. The molecule has 2 aliphatic heterocycles. The largest absolute Gasteiger partial charge is 0.385 e. The van der Waals surface area contributed by atoms with E-state index in [1.165, 1.54) is 0 Å². The molecule has 21 heavy (non-hydrogen) atoms. The van der Waals surface area contributed by atoms with Gasteiger partial charge >= 0.3 is 0 Å². The van der Waals surface area contributed by atoms with Crippen molar-refractivity contribution in [1.82, 2.24) is 9.80 Å². The third-order valence-corrected chi connectivity index (χ3v) is 4.62. The minimum atomic E-state index is -0.216. The lowest BCUT2D eigenvalue weighted by Crippen LogP contribution is -2.51. The molecular weight excluding hydrogens is 268 g/mol. The second-order valence-corrected chi connectivity index (χ2v) is 7.02. The van der Waals surface area contributed by atoms with Gasteiger partial charge in [-0.2, -0.15) is 0 Å². The Bertz CT molecular complexity index is 395. The zero-order valence-electron chi connectivity index (χ0n) is 13.6. The van der Waals surface area contributed by atoms with Crippen molar-refractivity contribution >= 4 is 11.8 Å². The van der Waals surface area contributed by atoms with Crippen molar-refractivity contribution in [2.75, 3.05) is 33.4 Å². The molecule has 5 nitrogen and oxygen atoms in total. The summed E-state index contributed by atoms with van der Waals surface area (Å²) in [7, 11) is 1.70. The van der Waals surface area contributed by atoms with Crippen molar-refractivity contribution in [3.05, 3.63) is 0 Å². The highest BCUT2D eigenvalue weighted by molar-refractivity contribution is 5.90. The Morgan fingerprint density at radius 3 is 2.71 bits per heavy atom. The van der Waals surface area contributed by atoms with E-state index in [2.05, 4.69) is 13.8 Å². The molecule has 2 rings (SSSR count). The molecule has 0 bridgehead atoms. The SMILES string of the molecule is COCCC(C)(C)CN1CCC(=O)N2CCCCC2C1=O. The van der Waals surface area contributed by atoms with Crippen molar-refractivity contribution in [3.8, 4) is 0 Å². The number of nitrogens with zero attached hydrogens (tertiary/aromatic N) is 2. The number of methoxy groups -OCH3 is 1. The average molecular weight is 296 g/mol. The highest BCUT2D eigenvalue weighted by atomic mass is 16.5. The summed E-state index contributed by atoms with van der Waals surface area (Å²) in [6.45, 7) is 7.02. The lowest BCUT2D eigenvalue weighted by atomic mass is 9.88. The van der Waals surface area contributed by atoms with Crippen LogP contribution in [0.1, 0.15) is 46.0 Å². The van der Waals surface area contributed by atoms with Gasteiger partial charge < -0.3 is 14.5 Å². The van der Waals surface area contributed by atoms with E-state index >= 15 is 0 Å². The number of carbonyl (C=O) groups excluding carboxylic acids is 2. The molecule has 0 spiro atoms. The van der Waals surface area contributed by atoms with E-state index in [1.54, 1.807) is 7.11 Å². The van der Waals surface area contributed by atoms with E-state index in [0.29, 0.717) is 26.1 Å². The van der Waals surface area contributed by atoms with Crippen LogP contribution in [0.4, 0.5) is 0 Å². The second kappa shape index (κ2) is 6.77. The molecule has 2 aliphatic rings. The summed E-state index contributed by atoms with van der Waals surface area (Å²) >= 11 is 0. The van der Waals surface area contributed by atoms with Crippen LogP contribution in [-0.4, -0.2) is 61.0 Å². The number of amides is 2. The highest BCUT2D eigenvalue weighted by Crippen LogP contribution is 2.27. The zero-order valence-corrected chi connectivity index (χ0v) is 13.6. The van der Waals surface area contributed by atoms with E-state index in [4.69, 9.17) is 4.74 Å². The van der Waals surface area contributed by atoms with Gasteiger partial charge in [0.15, 0.2) is 0 Å². The van der Waals surface area contributed by atoms with Crippen molar-refractivity contribution in [2.24, 2.45) is 5.41 Å². The van der Waals surface area contributed by atoms with Gasteiger partial charge in [-0.25, -0.2) is 0 Å². The quantitative estimate of drug-likeness (QED) is 0.775. The normalized spacial score (nSPS) is 24.0. The molecule has 0 aromatic heterocycles. The van der Waals surface area contributed by atoms with Gasteiger partial charge in [0.1, 0.15) is 6.04 Å². The van der Waals surface area contributed by atoms with Crippen LogP contribution in [0.2, 0.25) is 0 Å². The first-order valence-electron chi connectivity index (χ1n) is 8.02. The van der Waals surface area contributed by atoms with E-state index in [1.807, 2.05) is 9.80 Å². The molecule has 2 heterocycles. The minimum Gasteiger partial charge on any atom is -0.385 e. The molecule has 0 radical (unpaired) electrons. The average Bonchev–Trinajstić information content (AvgIpc) is 2.58. The van der Waals surface area contributed by atoms with Crippen LogP contribution in [-0.2, 0) is 14.3 Å². The Hall–Kier alpha value is -1.10. The van der Waals surface area contributed by atoms with Crippen LogP contribution in [0.15, 0.2) is 0 Å². The summed E-state index contributed by atoms with van der Waals surface area (Å²) in [4.78, 5) is 28.7. The van der Waals surface area contributed by atoms with Crippen molar-refractivity contribution < 1.29 is 14.3 Å². The van der Waals surface area contributed by atoms with E-state index in [9.17, 15) is 9.59 Å². The molecular formula is C16H28N2O3. The number of hydrogen-bond donors (Lipinski definition) is 0. The summed E-state index contributed by atoms with van der Waals surface area (Å²) in [6.07, 6.45) is 4.26. The Kier molecular flexibility index (Phi) is 5.25. The molecule has 0 aliphatic carbocycles. The van der Waals surface area contributed by atoms with Crippen LogP contribution in [0.25, 0.3) is 0 Å². The third-order valence-electron chi connectivity index (χ3n) is 4.62. The van der Waals surface area contributed by atoms with Gasteiger partial charge in [-0.1, -0.05) is 13.8 Å². The summed E-state index contributed by atoms with van der Waals surface area (Å²) in [5, 5.41) is 0. The number of ether oxygens (including phenoxy) is 1. The van der Waals surface area contributed by atoms with Gasteiger partial charge in [0.2, 0.25) is 11.8 Å². The fourth-order valence-electron chi connectivity index (χ4n) is 3.31. The molecule has 5 heteroatoms. The molecule has 0 aromatic rings. The van der Waals surface area contributed by atoms with Crippen LogP contribution in [0.3, 0.4) is 0 Å². The fraction of sp³-hybridized carbons (Fsp3) is 0.875. The molecule has 2 amide bonds. The van der Waals surface area contributed by atoms with Crippen LogP contribution < -0.4 is 0 Å². The number of hydrogen-bond acceptors (Lipinski definition) is 3. The molecule has 1 unspecified atom stereocenters. The van der Waals surface area contributed by atoms with E-state index in [-0.39, 0.29) is 23.3 Å². The van der Waals surface area contributed by atoms with Crippen LogP contribution in [0, 0.1) is 5.41 Å². The van der Waals surface area contributed by atoms with Gasteiger partial charge in [-0.05, 0) is 31.1 Å². The number of piperidine rings is 1. The summed E-state index contributed by atoms with van der Waals surface area (Å²) < 4.78 is 5.16. The summed E-state index contributed by atoms with van der Waals surface area (Å²) in [6, 6.07) is -0.216. The van der Waals surface area contributed by atoms with Gasteiger partial charge in [0, 0.05) is 39.8 Å². The van der Waals surface area contributed by atoms with Crippen LogP contribution in [0.5, 0.6) is 0 Å². The fourth-order valence-corrected chi connectivity index (χ4v) is 3.31. The number of carbonyl (C=O) groups is 2. The second-order valence-electron chi connectivity index (χ2n) is 7.02. The van der Waals surface area contributed by atoms with Crippen LogP contribution >= 0.6 is 0 Å². The van der Waals surface area contributed by atoms with Crippen molar-refractivity contribution in [3.63, 3.8) is 0 Å². The molecule has 2 saturated heterocycles. The van der Waals surface area contributed by atoms with Gasteiger partial charge in [0.05, 0.1) is 0 Å². The van der Waals surface area contributed by atoms with Gasteiger partial charge in [-0.3, -0.25) is 9.59 Å². The Balaban J connectivity index is 2.06. The Labute approximate surface area is 127 Å². The lowest BCUT2D eigenvalue weighted by Gasteiger charge is -2.36. The molecule has 1 atom stereocenters. The number of rotatable bonds is 5. The third kappa shape index (κ3) is 3.96. The molecule has 0 saturated carbocycles. The smallest absolute Gasteiger partial charge is 0.245 e.